The Morgan fingerprint density at radius 2 is 1.02 bits per heavy atom. The number of hydrogen-bond donors (Lipinski definition) is 0. The molecule has 2 aliphatic rings. The van der Waals surface area contributed by atoms with Gasteiger partial charge in [-0.3, -0.25) is 19.2 Å². The summed E-state index contributed by atoms with van der Waals surface area (Å²) in [6.45, 7) is 8.57. The number of amides is 2. The smallest absolute Gasteiger partial charge is 0.314 e. The number of fused-ring (bicyclic) bond motifs is 1. The summed E-state index contributed by atoms with van der Waals surface area (Å²) in [5, 5.41) is 3.00. The van der Waals surface area contributed by atoms with E-state index in [2.05, 4.69) is 13.8 Å². The fraction of sp³-hybridized carbons (Fsp3) is 0.400. The highest BCUT2D eigenvalue weighted by atomic mass is 32.2. The van der Waals surface area contributed by atoms with Gasteiger partial charge in [-0.05, 0) is 48.9 Å². The van der Waals surface area contributed by atoms with Crippen molar-refractivity contribution in [2.75, 3.05) is 0 Å². The van der Waals surface area contributed by atoms with Gasteiger partial charge in [0.1, 0.15) is 17.1 Å². The van der Waals surface area contributed by atoms with Crippen LogP contribution in [0.3, 0.4) is 0 Å². The van der Waals surface area contributed by atoms with Crippen LogP contribution < -0.4 is 9.47 Å². The number of unbranched alkanes of at least 4 members (excludes halogenated alkanes) is 2. The second kappa shape index (κ2) is 17.8. The van der Waals surface area contributed by atoms with E-state index in [-0.39, 0.29) is 42.4 Å². The van der Waals surface area contributed by atoms with Crippen molar-refractivity contribution in [3.05, 3.63) is 93.7 Å². The summed E-state index contributed by atoms with van der Waals surface area (Å²) in [7, 11) is 0. The summed E-state index contributed by atoms with van der Waals surface area (Å²) < 4.78 is 12.5. The maximum atomic E-state index is 14.2. The average Bonchev–Trinajstić information content (AvgIpc) is 3.66. The van der Waals surface area contributed by atoms with Crippen molar-refractivity contribution in [3.8, 4) is 11.5 Å². The zero-order valence-electron chi connectivity index (χ0n) is 29.3. The Labute approximate surface area is 303 Å². The standard InChI is InChI=1S/C40H46N2O6S2/c1-5-9-21-29(7-3)38(45)47-31-23-24-32(48-39(46)30(8-4)22-10-6-2)35-34(31)49-40(50-35)33-36(43)41(25-27-17-13-11-14-18-27)42(37(33)44)26-28-19-15-12-16-20-28/h11-20,23-24,29-30H,5-10,21-22,25-26H2,1-4H3. The number of hydrazine groups is 1. The number of nitrogens with zero attached hydrogens (tertiary/aromatic N) is 2. The lowest BCUT2D eigenvalue weighted by Gasteiger charge is -2.27. The molecule has 5 rings (SSSR count). The van der Waals surface area contributed by atoms with Gasteiger partial charge in [-0.25, -0.2) is 10.0 Å². The Hall–Kier alpha value is -4.02. The van der Waals surface area contributed by atoms with Crippen molar-refractivity contribution in [3.63, 3.8) is 0 Å². The topological polar surface area (TPSA) is 93.2 Å². The van der Waals surface area contributed by atoms with Crippen molar-refractivity contribution >= 4 is 47.3 Å². The minimum Gasteiger partial charge on any atom is -0.425 e. The molecule has 0 bridgehead atoms. The van der Waals surface area contributed by atoms with Gasteiger partial charge in [-0.1, -0.05) is 138 Å². The van der Waals surface area contributed by atoms with E-state index >= 15 is 0 Å². The Balaban J connectivity index is 1.52. The molecule has 2 amide bonds. The van der Waals surface area contributed by atoms with Crippen LogP contribution in [-0.2, 0) is 32.3 Å². The summed E-state index contributed by atoms with van der Waals surface area (Å²) >= 11 is 2.42. The van der Waals surface area contributed by atoms with Gasteiger partial charge in [-0.15, -0.1) is 0 Å². The number of benzene rings is 3. The van der Waals surface area contributed by atoms with Gasteiger partial charge >= 0.3 is 11.9 Å². The molecule has 0 radical (unpaired) electrons. The number of carbonyl (C=O) groups excluding carboxylic acids is 4. The van der Waals surface area contributed by atoms with Crippen LogP contribution >= 0.6 is 23.5 Å². The summed E-state index contributed by atoms with van der Waals surface area (Å²) in [5.41, 5.74) is 1.82. The van der Waals surface area contributed by atoms with E-state index in [1.807, 2.05) is 74.5 Å². The Morgan fingerprint density at radius 3 is 1.38 bits per heavy atom. The molecule has 1 fully saturated rings. The monoisotopic (exact) mass is 714 g/mol. The van der Waals surface area contributed by atoms with E-state index in [1.165, 1.54) is 33.5 Å². The predicted molar refractivity (Wildman–Crippen MR) is 197 cm³/mol. The average molecular weight is 715 g/mol. The summed E-state index contributed by atoms with van der Waals surface area (Å²) in [5.74, 6) is -1.31. The molecular formula is C40H46N2O6S2. The lowest BCUT2D eigenvalue weighted by molar-refractivity contribution is -0.149. The number of carbonyl (C=O) groups is 4. The first-order valence-electron chi connectivity index (χ1n) is 17.7. The summed E-state index contributed by atoms with van der Waals surface area (Å²) in [4.78, 5) is 56.3. The van der Waals surface area contributed by atoms with Crippen LogP contribution in [0.1, 0.15) is 90.2 Å². The third kappa shape index (κ3) is 8.64. The molecule has 2 heterocycles. The summed E-state index contributed by atoms with van der Waals surface area (Å²) in [6.07, 6.45) is 6.56. The van der Waals surface area contributed by atoms with Gasteiger partial charge in [0.05, 0.1) is 39.0 Å². The summed E-state index contributed by atoms with van der Waals surface area (Å²) in [6, 6.07) is 22.4. The van der Waals surface area contributed by atoms with Crippen LogP contribution in [0.5, 0.6) is 11.5 Å². The van der Waals surface area contributed by atoms with E-state index in [0.717, 1.165) is 49.7 Å². The molecule has 0 spiro atoms. The molecule has 1 saturated heterocycles. The zero-order chi connectivity index (χ0) is 35.6. The van der Waals surface area contributed by atoms with Crippen LogP contribution in [0, 0.1) is 11.8 Å². The quantitative estimate of drug-likeness (QED) is 0.0628. The molecule has 3 aromatic carbocycles. The SMILES string of the molecule is CCCCC(CC)C(=O)Oc1ccc(OC(=O)C(CC)CCCC)c2c1SC(=C1C(=O)N(Cc3ccccc3)N(Cc3ccccc3)C1=O)S2. The van der Waals surface area contributed by atoms with Crippen molar-refractivity contribution in [1.82, 2.24) is 10.0 Å². The van der Waals surface area contributed by atoms with Crippen LogP contribution in [0.2, 0.25) is 0 Å². The van der Waals surface area contributed by atoms with Gasteiger partial charge in [0.15, 0.2) is 0 Å². The van der Waals surface area contributed by atoms with Gasteiger partial charge in [0.25, 0.3) is 11.8 Å². The maximum Gasteiger partial charge on any atom is 0.314 e. The molecule has 2 atom stereocenters. The fourth-order valence-corrected chi connectivity index (χ4v) is 8.67. The zero-order valence-corrected chi connectivity index (χ0v) is 30.9. The first-order chi connectivity index (χ1) is 24.3. The largest absolute Gasteiger partial charge is 0.425 e. The van der Waals surface area contributed by atoms with Crippen molar-refractivity contribution < 1.29 is 28.7 Å². The second-order valence-electron chi connectivity index (χ2n) is 12.6. The Bertz CT molecular complexity index is 1590. The highest BCUT2D eigenvalue weighted by Crippen LogP contribution is 2.59. The molecule has 2 unspecified atom stereocenters. The Kier molecular flexibility index (Phi) is 13.2. The molecule has 8 nitrogen and oxygen atoms in total. The van der Waals surface area contributed by atoms with Crippen LogP contribution in [0.25, 0.3) is 0 Å². The molecule has 0 aromatic heterocycles. The van der Waals surface area contributed by atoms with Crippen molar-refractivity contribution in [2.45, 2.75) is 102 Å². The minimum atomic E-state index is -0.411. The normalized spacial score (nSPS) is 15.4. The molecule has 0 N–H and O–H groups in total. The third-order valence-electron chi connectivity index (χ3n) is 9.06. The number of ether oxygens (including phenoxy) is 2. The minimum absolute atomic E-state index is 0.0429. The first kappa shape index (κ1) is 37.2. The third-order valence-corrected chi connectivity index (χ3v) is 11.7. The fourth-order valence-electron chi connectivity index (χ4n) is 6.02. The van der Waals surface area contributed by atoms with E-state index in [9.17, 15) is 19.2 Å². The molecule has 0 saturated carbocycles. The van der Waals surface area contributed by atoms with Crippen LogP contribution in [0.4, 0.5) is 0 Å². The Morgan fingerprint density at radius 1 is 0.620 bits per heavy atom. The van der Waals surface area contributed by atoms with Gasteiger partial charge in [0.2, 0.25) is 0 Å². The molecule has 2 aliphatic heterocycles. The van der Waals surface area contributed by atoms with Crippen LogP contribution in [-0.4, -0.2) is 33.8 Å². The predicted octanol–water partition coefficient (Wildman–Crippen LogP) is 9.33. The number of hydrogen-bond acceptors (Lipinski definition) is 8. The number of esters is 2. The molecule has 3 aromatic rings. The lowest BCUT2D eigenvalue weighted by Crippen LogP contribution is -2.39. The van der Waals surface area contributed by atoms with Crippen molar-refractivity contribution in [1.29, 1.82) is 0 Å². The number of thioether (sulfide) groups is 2. The number of rotatable bonds is 16. The van der Waals surface area contributed by atoms with E-state index in [4.69, 9.17) is 9.47 Å². The first-order valence-corrected chi connectivity index (χ1v) is 19.3. The molecule has 0 aliphatic carbocycles. The van der Waals surface area contributed by atoms with Gasteiger partial charge in [-0.2, -0.15) is 0 Å². The van der Waals surface area contributed by atoms with Crippen molar-refractivity contribution in [2.24, 2.45) is 11.8 Å². The molecule has 50 heavy (non-hydrogen) atoms. The van der Waals surface area contributed by atoms with Gasteiger partial charge in [0, 0.05) is 0 Å². The highest BCUT2D eigenvalue weighted by molar-refractivity contribution is 8.25. The lowest BCUT2D eigenvalue weighted by atomic mass is 10.00. The second-order valence-corrected chi connectivity index (χ2v) is 14.9. The van der Waals surface area contributed by atoms with E-state index < -0.39 is 11.8 Å². The maximum absolute atomic E-state index is 14.2. The highest BCUT2D eigenvalue weighted by Gasteiger charge is 2.45. The van der Waals surface area contributed by atoms with E-state index in [1.54, 1.807) is 12.1 Å². The van der Waals surface area contributed by atoms with Crippen LogP contribution in [0.15, 0.2) is 92.4 Å². The van der Waals surface area contributed by atoms with Gasteiger partial charge < -0.3 is 9.47 Å². The molecule has 264 valence electrons. The molecule has 10 heteroatoms. The van der Waals surface area contributed by atoms with E-state index in [0.29, 0.717) is 38.4 Å². The molecular weight excluding hydrogens is 669 g/mol.